The molecule has 0 aliphatic rings. The lowest BCUT2D eigenvalue weighted by Crippen LogP contribution is -2.47. The number of carbonyl (C=O) groups excluding carboxylic acids is 6. The van der Waals surface area contributed by atoms with Gasteiger partial charge in [-0.15, -0.1) is 0 Å². The monoisotopic (exact) mass is 982 g/mol. The molecule has 0 spiro atoms. The number of aliphatic hydroxyl groups excluding tert-OH is 1. The molecule has 18 nitrogen and oxygen atoms in total. The molecule has 4 atom stereocenters. The van der Waals surface area contributed by atoms with Crippen LogP contribution in [0.2, 0.25) is 0 Å². The summed E-state index contributed by atoms with van der Waals surface area (Å²) >= 11 is 0. The fraction of sp³-hybridized carbons (Fsp3) is 0.415. The Kier molecular flexibility index (Phi) is 21.9. The number of aromatic nitrogens is 1. The second-order valence-electron chi connectivity index (χ2n) is 18.6. The average molecular weight is 983 g/mol. The zero-order valence-electron chi connectivity index (χ0n) is 41.2. The van der Waals surface area contributed by atoms with Gasteiger partial charge in [0.2, 0.25) is 0 Å². The van der Waals surface area contributed by atoms with Crippen LogP contribution in [0.4, 0.5) is 14.4 Å². The van der Waals surface area contributed by atoms with Gasteiger partial charge in [-0.3, -0.25) is 0 Å². The number of hydrogen-bond donors (Lipinski definition) is 4. The highest BCUT2D eigenvalue weighted by Gasteiger charge is 2.32. The van der Waals surface area contributed by atoms with E-state index in [2.05, 4.69) is 22.5 Å². The topological polar surface area (TPSA) is 241 Å². The summed E-state index contributed by atoms with van der Waals surface area (Å²) in [5.41, 5.74) is 0.494. The van der Waals surface area contributed by atoms with Gasteiger partial charge in [0, 0.05) is 12.0 Å². The molecule has 18 heteroatoms. The van der Waals surface area contributed by atoms with Crippen LogP contribution in [0, 0.1) is 0 Å². The first-order valence-corrected chi connectivity index (χ1v) is 23.2. The maximum atomic E-state index is 14.3. The van der Waals surface area contributed by atoms with E-state index in [-0.39, 0.29) is 69.8 Å². The number of amides is 3. The standard InChI is InChI=1S/C53H66N4O14/c1-8-28-66-46(60)42(54-49(63)67-33-36-18-12-9-13-19-36)27-25-40(58)31-57-30-39(24-26-43(47(61)70-52(2,3)4)55-50(64)68-34-37-20-14-10-15-21-37)41(45(59)32-57)29-44(48(62)71-53(5,6)7)56-51(65)69-35-38-22-16-11-17-23-38/h8-23,30,32,40,42-44,58H,1,24-29,31,33-35H2,2-7H3,(H3-,54,55,56,59,63,64,65)/t40-,42+,43+,44+/m1/s1. The maximum Gasteiger partial charge on any atom is 0.408 e. The summed E-state index contributed by atoms with van der Waals surface area (Å²) in [7, 11) is 0. The summed E-state index contributed by atoms with van der Waals surface area (Å²) in [6.07, 6.45) is -0.652. The number of hydrogen-bond acceptors (Lipinski definition) is 14. The molecule has 4 aromatic rings. The van der Waals surface area contributed by atoms with Crippen LogP contribution >= 0.6 is 0 Å². The molecular formula is C53H66N4O14. The fourth-order valence-corrected chi connectivity index (χ4v) is 6.85. The van der Waals surface area contributed by atoms with Crippen molar-refractivity contribution >= 4 is 36.2 Å². The van der Waals surface area contributed by atoms with Crippen LogP contribution in [0.25, 0.3) is 0 Å². The summed E-state index contributed by atoms with van der Waals surface area (Å²) in [5.74, 6) is -3.05. The van der Waals surface area contributed by atoms with E-state index in [4.69, 9.17) is 28.4 Å². The van der Waals surface area contributed by atoms with Crippen LogP contribution in [0.1, 0.15) is 88.6 Å². The molecule has 0 bridgehead atoms. The number of nitrogens with zero attached hydrogens (tertiary/aromatic N) is 1. The molecule has 1 aromatic heterocycles. The van der Waals surface area contributed by atoms with Crippen LogP contribution in [0.5, 0.6) is 5.75 Å². The third-order valence-corrected chi connectivity index (χ3v) is 10.1. The minimum Gasteiger partial charge on any atom is -0.868 e. The van der Waals surface area contributed by atoms with Gasteiger partial charge in [-0.05, 0) is 95.2 Å². The summed E-state index contributed by atoms with van der Waals surface area (Å²) in [4.78, 5) is 79.6. The highest BCUT2D eigenvalue weighted by Crippen LogP contribution is 2.23. The lowest BCUT2D eigenvalue weighted by atomic mass is 9.96. The number of alkyl carbamates (subject to hydrolysis) is 3. The van der Waals surface area contributed by atoms with E-state index in [0.29, 0.717) is 11.1 Å². The summed E-state index contributed by atoms with van der Waals surface area (Å²) in [6.45, 7) is 12.9. The van der Waals surface area contributed by atoms with Gasteiger partial charge in [-0.1, -0.05) is 104 Å². The molecule has 382 valence electrons. The molecule has 3 amide bonds. The van der Waals surface area contributed by atoms with E-state index < -0.39 is 83.8 Å². The number of ether oxygens (including phenoxy) is 6. The van der Waals surface area contributed by atoms with Crippen molar-refractivity contribution < 1.29 is 72.0 Å². The van der Waals surface area contributed by atoms with Crippen molar-refractivity contribution in [3.8, 4) is 5.75 Å². The Morgan fingerprint density at radius 2 is 1.03 bits per heavy atom. The van der Waals surface area contributed by atoms with Crippen molar-refractivity contribution in [2.75, 3.05) is 6.61 Å². The third kappa shape index (κ3) is 21.4. The van der Waals surface area contributed by atoms with Crippen LogP contribution in [0.15, 0.2) is 116 Å². The molecule has 0 unspecified atom stereocenters. The first-order chi connectivity index (χ1) is 33.7. The Morgan fingerprint density at radius 1 is 0.606 bits per heavy atom. The van der Waals surface area contributed by atoms with Gasteiger partial charge in [0.25, 0.3) is 0 Å². The molecule has 0 radical (unpaired) electrons. The van der Waals surface area contributed by atoms with E-state index in [9.17, 15) is 39.0 Å². The second kappa shape index (κ2) is 27.7. The van der Waals surface area contributed by atoms with Gasteiger partial charge >= 0.3 is 36.2 Å². The molecule has 0 fully saturated rings. The van der Waals surface area contributed by atoms with Crippen LogP contribution in [0.3, 0.4) is 0 Å². The van der Waals surface area contributed by atoms with Crippen LogP contribution < -0.4 is 25.6 Å². The number of esters is 3. The maximum absolute atomic E-state index is 14.3. The lowest BCUT2D eigenvalue weighted by molar-refractivity contribution is -0.706. The molecule has 3 aromatic carbocycles. The minimum absolute atomic E-state index is 0.0489. The van der Waals surface area contributed by atoms with E-state index in [1.165, 1.54) is 23.0 Å². The summed E-state index contributed by atoms with van der Waals surface area (Å²) in [6, 6.07) is 22.7. The predicted molar refractivity (Wildman–Crippen MR) is 257 cm³/mol. The number of aliphatic hydroxyl groups is 1. The van der Waals surface area contributed by atoms with E-state index in [0.717, 1.165) is 5.56 Å². The molecule has 0 saturated carbocycles. The minimum atomic E-state index is -1.44. The number of rotatable bonds is 24. The molecular weight excluding hydrogens is 917 g/mol. The Hall–Kier alpha value is -7.47. The normalized spacial score (nSPS) is 12.9. The Labute approximate surface area is 414 Å². The summed E-state index contributed by atoms with van der Waals surface area (Å²) in [5, 5.41) is 33.3. The molecule has 71 heavy (non-hydrogen) atoms. The molecule has 4 rings (SSSR count). The van der Waals surface area contributed by atoms with Crippen molar-refractivity contribution in [3.63, 3.8) is 0 Å². The predicted octanol–water partition coefficient (Wildman–Crippen LogP) is 5.96. The molecule has 0 aliphatic carbocycles. The van der Waals surface area contributed by atoms with E-state index in [1.807, 2.05) is 12.1 Å². The Bertz CT molecular complexity index is 2370. The molecule has 4 N–H and O–H groups in total. The molecule has 0 saturated heterocycles. The lowest BCUT2D eigenvalue weighted by Gasteiger charge is -2.27. The second-order valence-corrected chi connectivity index (χ2v) is 18.6. The number of benzene rings is 3. The number of aryl methyl sites for hydroxylation is 1. The number of carbonyl (C=O) groups is 6. The SMILES string of the molecule is C=CCOC(=O)[C@H](CC[C@@H](O)C[n+]1cc([O-])c(C[C@H](NC(=O)OCc2ccccc2)C(=O)OC(C)(C)C)c(CC[C@H](NC(=O)OCc2ccccc2)C(=O)OC(C)(C)C)c1)NC(=O)OCc1ccccc1. The first kappa shape index (κ1) is 56.1. The first-order valence-electron chi connectivity index (χ1n) is 23.2. The van der Waals surface area contributed by atoms with Gasteiger partial charge in [-0.2, -0.15) is 0 Å². The Balaban J connectivity index is 1.63. The fourth-order valence-electron chi connectivity index (χ4n) is 6.85. The van der Waals surface area contributed by atoms with Crippen molar-refractivity contribution in [3.05, 3.63) is 144 Å². The van der Waals surface area contributed by atoms with Crippen LogP contribution in [-0.4, -0.2) is 83.3 Å². The Morgan fingerprint density at radius 3 is 1.46 bits per heavy atom. The van der Waals surface area contributed by atoms with Crippen molar-refractivity contribution in [2.24, 2.45) is 0 Å². The van der Waals surface area contributed by atoms with Crippen molar-refractivity contribution in [2.45, 2.75) is 135 Å². The van der Waals surface area contributed by atoms with Gasteiger partial charge < -0.3 is 54.6 Å². The van der Waals surface area contributed by atoms with Crippen molar-refractivity contribution in [1.29, 1.82) is 0 Å². The van der Waals surface area contributed by atoms with E-state index >= 15 is 0 Å². The van der Waals surface area contributed by atoms with Gasteiger partial charge in [0.15, 0.2) is 18.9 Å². The molecule has 0 aliphatic heterocycles. The number of nitrogens with one attached hydrogen (secondary N) is 3. The number of pyridine rings is 1. The quantitative estimate of drug-likeness (QED) is 0.0274. The van der Waals surface area contributed by atoms with Crippen molar-refractivity contribution in [1.82, 2.24) is 16.0 Å². The highest BCUT2D eigenvalue weighted by molar-refractivity contribution is 5.83. The van der Waals surface area contributed by atoms with Gasteiger partial charge in [0.05, 0.1) is 0 Å². The van der Waals surface area contributed by atoms with Gasteiger partial charge in [-0.25, -0.2) is 33.3 Å². The third-order valence-electron chi connectivity index (χ3n) is 10.1. The zero-order chi connectivity index (χ0) is 52.0. The summed E-state index contributed by atoms with van der Waals surface area (Å²) < 4.78 is 34.1. The van der Waals surface area contributed by atoms with Gasteiger partial charge in [0.1, 0.15) is 61.9 Å². The highest BCUT2D eigenvalue weighted by atomic mass is 16.6. The molecule has 1 heterocycles. The smallest absolute Gasteiger partial charge is 0.408 e. The van der Waals surface area contributed by atoms with Crippen LogP contribution in [-0.2, 0) is 82.0 Å². The largest absolute Gasteiger partial charge is 0.868 e. The van der Waals surface area contributed by atoms with E-state index in [1.54, 1.807) is 120 Å². The zero-order valence-corrected chi connectivity index (χ0v) is 41.2. The average Bonchev–Trinajstić information content (AvgIpc) is 3.31.